The van der Waals surface area contributed by atoms with Gasteiger partial charge in [0, 0.05) is 24.7 Å². The number of hydrogen-bond acceptors (Lipinski definition) is 5. The number of halogens is 1. The van der Waals surface area contributed by atoms with Gasteiger partial charge in [0.1, 0.15) is 12.3 Å². The van der Waals surface area contributed by atoms with Gasteiger partial charge in [-0.3, -0.25) is 14.5 Å². The van der Waals surface area contributed by atoms with E-state index in [1.54, 1.807) is 30.3 Å². The minimum Gasteiger partial charge on any atom is -0.482 e. The lowest BCUT2D eigenvalue weighted by Crippen LogP contribution is -2.45. The first kappa shape index (κ1) is 24.5. The molecule has 0 spiro atoms. The highest BCUT2D eigenvalue weighted by atomic mass is 35.5. The Labute approximate surface area is 204 Å². The molecule has 8 nitrogen and oxygen atoms in total. The first-order valence-corrected chi connectivity index (χ1v) is 13.0. The van der Waals surface area contributed by atoms with Gasteiger partial charge in [0.05, 0.1) is 10.6 Å². The van der Waals surface area contributed by atoms with E-state index in [0.29, 0.717) is 23.9 Å². The van der Waals surface area contributed by atoms with Gasteiger partial charge >= 0.3 is 0 Å². The molecule has 4 rings (SSSR count). The number of sulfonamides is 1. The van der Waals surface area contributed by atoms with Crippen LogP contribution in [0.1, 0.15) is 25.8 Å². The van der Waals surface area contributed by atoms with Crippen LogP contribution < -0.4 is 15.0 Å². The zero-order valence-corrected chi connectivity index (χ0v) is 20.7. The Balaban J connectivity index is 1.53. The molecule has 2 heterocycles. The second-order valence-corrected chi connectivity index (χ2v) is 11.4. The highest BCUT2D eigenvalue weighted by Crippen LogP contribution is 2.36. The van der Waals surface area contributed by atoms with Gasteiger partial charge in [-0.25, -0.2) is 8.42 Å². The lowest BCUT2D eigenvalue weighted by Gasteiger charge is -2.34. The van der Waals surface area contributed by atoms with Crippen molar-refractivity contribution in [2.45, 2.75) is 31.7 Å². The lowest BCUT2D eigenvalue weighted by molar-refractivity contribution is -0.125. The number of nitrogens with one attached hydrogen (secondary N) is 1. The molecule has 1 saturated heterocycles. The van der Waals surface area contributed by atoms with E-state index in [1.165, 1.54) is 21.3 Å². The summed E-state index contributed by atoms with van der Waals surface area (Å²) in [6.07, 6.45) is 0.984. The molecule has 2 aliphatic heterocycles. The minimum absolute atomic E-state index is 0.0809. The van der Waals surface area contributed by atoms with Gasteiger partial charge < -0.3 is 10.1 Å². The van der Waals surface area contributed by atoms with Crippen LogP contribution >= 0.6 is 11.6 Å². The van der Waals surface area contributed by atoms with Crippen LogP contribution in [0.15, 0.2) is 47.4 Å². The molecule has 0 aromatic heterocycles. The van der Waals surface area contributed by atoms with Gasteiger partial charge in [0.15, 0.2) is 6.61 Å². The van der Waals surface area contributed by atoms with Gasteiger partial charge in [-0.2, -0.15) is 4.31 Å². The van der Waals surface area contributed by atoms with Gasteiger partial charge in [0.25, 0.3) is 5.91 Å². The number of hydrogen-bond donors (Lipinski definition) is 1. The van der Waals surface area contributed by atoms with Crippen molar-refractivity contribution < 1.29 is 22.7 Å². The fourth-order valence-corrected chi connectivity index (χ4v) is 6.30. The van der Waals surface area contributed by atoms with Crippen LogP contribution in [0.3, 0.4) is 0 Å². The van der Waals surface area contributed by atoms with E-state index in [2.05, 4.69) is 5.32 Å². The predicted octanol–water partition coefficient (Wildman–Crippen LogP) is 3.05. The van der Waals surface area contributed by atoms with Gasteiger partial charge in [-0.1, -0.05) is 37.6 Å². The zero-order chi connectivity index (χ0) is 24.5. The van der Waals surface area contributed by atoms with Crippen molar-refractivity contribution in [2.75, 3.05) is 31.1 Å². The number of nitrogens with zero attached hydrogens (tertiary/aromatic N) is 2. The molecule has 0 unspecified atom stereocenters. The first-order chi connectivity index (χ1) is 16.1. The van der Waals surface area contributed by atoms with Crippen molar-refractivity contribution in [1.82, 2.24) is 9.62 Å². The number of anilines is 1. The fraction of sp³-hybridized carbons (Fsp3) is 0.417. The second kappa shape index (κ2) is 9.93. The van der Waals surface area contributed by atoms with Crippen LogP contribution in [0.2, 0.25) is 5.02 Å². The molecule has 182 valence electrons. The highest BCUT2D eigenvalue weighted by molar-refractivity contribution is 7.89. The smallest absolute Gasteiger partial charge is 0.265 e. The van der Waals surface area contributed by atoms with Crippen molar-refractivity contribution in [3.63, 3.8) is 0 Å². The monoisotopic (exact) mass is 505 g/mol. The maximum Gasteiger partial charge on any atom is 0.265 e. The third-order valence-electron chi connectivity index (χ3n) is 6.05. The first-order valence-electron chi connectivity index (χ1n) is 11.2. The SMILES string of the molecule is C[C@@H]1C[C@H](C)CN(S(=O)(=O)c2ccc3c(c2)N(CC(=O)NCc2ccc(Cl)cc2)C(=O)CO3)C1. The number of rotatable bonds is 6. The van der Waals surface area contributed by atoms with Crippen LogP contribution in [0.4, 0.5) is 5.69 Å². The molecule has 0 bridgehead atoms. The summed E-state index contributed by atoms with van der Waals surface area (Å²) in [5.41, 5.74) is 1.14. The summed E-state index contributed by atoms with van der Waals surface area (Å²) < 4.78 is 33.7. The summed E-state index contributed by atoms with van der Waals surface area (Å²) in [6.45, 7) is 4.81. The normalized spacial score (nSPS) is 21.0. The topological polar surface area (TPSA) is 96.0 Å². The lowest BCUT2D eigenvalue weighted by atomic mass is 9.94. The van der Waals surface area contributed by atoms with E-state index in [-0.39, 0.29) is 48.0 Å². The van der Waals surface area contributed by atoms with Crippen molar-refractivity contribution in [1.29, 1.82) is 0 Å². The Bertz CT molecular complexity index is 1180. The maximum absolute atomic E-state index is 13.4. The number of benzene rings is 2. The molecule has 2 aromatic rings. The summed E-state index contributed by atoms with van der Waals surface area (Å²) in [4.78, 5) is 26.6. The molecular formula is C24H28ClN3O5S. The zero-order valence-electron chi connectivity index (χ0n) is 19.2. The van der Waals surface area contributed by atoms with Crippen molar-refractivity contribution in [3.05, 3.63) is 53.1 Å². The Kier molecular flexibility index (Phi) is 7.16. The van der Waals surface area contributed by atoms with Crippen molar-refractivity contribution in [2.24, 2.45) is 11.8 Å². The summed E-state index contributed by atoms with van der Waals surface area (Å²) in [6, 6.07) is 11.5. The molecular weight excluding hydrogens is 478 g/mol. The van der Waals surface area contributed by atoms with E-state index in [4.69, 9.17) is 16.3 Å². The van der Waals surface area contributed by atoms with Crippen molar-refractivity contribution >= 4 is 39.1 Å². The number of amides is 2. The van der Waals surface area contributed by atoms with Crippen LogP contribution in [0.25, 0.3) is 0 Å². The number of fused-ring (bicyclic) bond motifs is 1. The average Bonchev–Trinajstić information content (AvgIpc) is 2.79. The van der Waals surface area contributed by atoms with Gasteiger partial charge in [-0.05, 0) is 54.2 Å². The molecule has 34 heavy (non-hydrogen) atoms. The number of carbonyl (C=O) groups excluding carboxylic acids is 2. The van der Waals surface area contributed by atoms with Gasteiger partial charge in [-0.15, -0.1) is 0 Å². The van der Waals surface area contributed by atoms with Crippen LogP contribution in [0, 0.1) is 11.8 Å². The maximum atomic E-state index is 13.4. The summed E-state index contributed by atoms with van der Waals surface area (Å²) in [7, 11) is -3.75. The minimum atomic E-state index is -3.75. The van der Waals surface area contributed by atoms with Crippen LogP contribution in [-0.2, 0) is 26.2 Å². The van der Waals surface area contributed by atoms with E-state index >= 15 is 0 Å². The molecule has 0 aliphatic carbocycles. The Hall–Kier alpha value is -2.62. The molecule has 0 saturated carbocycles. The highest BCUT2D eigenvalue weighted by Gasteiger charge is 2.34. The molecule has 2 atom stereocenters. The van der Waals surface area contributed by atoms with Crippen LogP contribution in [0.5, 0.6) is 5.75 Å². The third kappa shape index (κ3) is 5.37. The number of carbonyl (C=O) groups is 2. The Morgan fingerprint density at radius 2 is 1.79 bits per heavy atom. The fourth-order valence-electron chi connectivity index (χ4n) is 4.47. The molecule has 1 fully saturated rings. The summed E-state index contributed by atoms with van der Waals surface area (Å²) in [5.74, 6) is 0.111. The number of ether oxygens (including phenoxy) is 1. The van der Waals surface area contributed by atoms with Crippen LogP contribution in [-0.4, -0.2) is 50.8 Å². The predicted molar refractivity (Wildman–Crippen MR) is 129 cm³/mol. The largest absolute Gasteiger partial charge is 0.482 e. The molecule has 2 aliphatic rings. The standard InChI is InChI=1S/C24H28ClN3O5S/c1-16-9-17(2)13-27(12-16)34(31,32)20-7-8-22-21(10-20)28(24(30)15-33-22)14-23(29)26-11-18-3-5-19(25)6-4-18/h3-8,10,16-17H,9,11-15H2,1-2H3,(H,26,29)/t16-,17+. The summed E-state index contributed by atoms with van der Waals surface area (Å²) in [5, 5.41) is 3.38. The van der Waals surface area contributed by atoms with E-state index in [9.17, 15) is 18.0 Å². The molecule has 2 amide bonds. The molecule has 10 heteroatoms. The third-order valence-corrected chi connectivity index (χ3v) is 8.13. The van der Waals surface area contributed by atoms with Gasteiger partial charge in [0.2, 0.25) is 15.9 Å². The Morgan fingerprint density at radius 3 is 2.47 bits per heavy atom. The molecule has 1 N–H and O–H groups in total. The second-order valence-electron chi connectivity index (χ2n) is 9.07. The quantitative estimate of drug-likeness (QED) is 0.651. The Morgan fingerprint density at radius 1 is 1.12 bits per heavy atom. The number of piperidine rings is 1. The van der Waals surface area contributed by atoms with E-state index < -0.39 is 15.9 Å². The average molecular weight is 506 g/mol. The van der Waals surface area contributed by atoms with E-state index in [1.807, 2.05) is 13.8 Å². The molecule has 0 radical (unpaired) electrons. The van der Waals surface area contributed by atoms with Crippen molar-refractivity contribution in [3.8, 4) is 5.75 Å². The molecule has 2 aromatic carbocycles. The van der Waals surface area contributed by atoms with E-state index in [0.717, 1.165) is 12.0 Å². The summed E-state index contributed by atoms with van der Waals surface area (Å²) >= 11 is 5.89.